The molecule has 33 heavy (non-hydrogen) atoms. The molecule has 3 N–H and O–H groups in total. The summed E-state index contributed by atoms with van der Waals surface area (Å²) in [4.78, 5) is 32.6. The zero-order chi connectivity index (χ0) is 23.5. The Kier molecular flexibility index (Phi) is 6.22. The summed E-state index contributed by atoms with van der Waals surface area (Å²) in [5.41, 5.74) is 12.7. The van der Waals surface area contributed by atoms with Crippen LogP contribution in [0.3, 0.4) is 0 Å². The second-order valence-electron chi connectivity index (χ2n) is 8.16. The van der Waals surface area contributed by atoms with Gasteiger partial charge in [-0.2, -0.15) is 0 Å². The summed E-state index contributed by atoms with van der Waals surface area (Å²) >= 11 is 0. The van der Waals surface area contributed by atoms with Crippen molar-refractivity contribution < 1.29 is 14.3 Å². The van der Waals surface area contributed by atoms with Crippen molar-refractivity contribution in [3.05, 3.63) is 76.5 Å². The number of fused-ring (bicyclic) bond motifs is 3. The topological polar surface area (TPSA) is 107 Å². The first-order valence-corrected chi connectivity index (χ1v) is 10.7. The highest BCUT2D eigenvalue weighted by molar-refractivity contribution is 6.08. The van der Waals surface area contributed by atoms with E-state index in [0.29, 0.717) is 16.9 Å². The largest absolute Gasteiger partial charge is 0.468 e. The number of ether oxygens (including phenoxy) is 1. The zero-order valence-electron chi connectivity index (χ0n) is 18.9. The second-order valence-corrected chi connectivity index (χ2v) is 8.16. The van der Waals surface area contributed by atoms with Gasteiger partial charge in [-0.15, -0.1) is 0 Å². The number of hydrogen-bond acceptors (Lipinski definition) is 6. The summed E-state index contributed by atoms with van der Waals surface area (Å²) in [5, 5.41) is 4.60. The van der Waals surface area contributed by atoms with Crippen molar-refractivity contribution >= 4 is 39.5 Å². The number of benzene rings is 2. The maximum Gasteiger partial charge on any atom is 0.325 e. The van der Waals surface area contributed by atoms with Gasteiger partial charge in [0.2, 0.25) is 0 Å². The van der Waals surface area contributed by atoms with E-state index in [-0.39, 0.29) is 12.5 Å². The minimum Gasteiger partial charge on any atom is -0.468 e. The maximum absolute atomic E-state index is 12.2. The fraction of sp³-hybridized carbons (Fsp3) is 0.231. The van der Waals surface area contributed by atoms with Crippen LogP contribution in [0.15, 0.2) is 48.7 Å². The van der Waals surface area contributed by atoms with E-state index in [0.717, 1.165) is 51.4 Å². The quantitative estimate of drug-likeness (QED) is 0.349. The Hall–Kier alpha value is -4.00. The SMILES string of the molecule is COC(=O)CNC(=O)c1ccc(CCc2cnc3c(N)nc4cc(C)ccc4c3c2)c(C)c1. The number of carbonyl (C=O) groups excluding carboxylic acids is 2. The van der Waals surface area contributed by atoms with Gasteiger partial charge in [0.25, 0.3) is 5.91 Å². The van der Waals surface area contributed by atoms with Crippen LogP contribution in [0.1, 0.15) is 32.6 Å². The maximum atomic E-state index is 12.2. The summed E-state index contributed by atoms with van der Waals surface area (Å²) in [5.74, 6) is -0.352. The molecule has 0 saturated carbocycles. The van der Waals surface area contributed by atoms with Crippen molar-refractivity contribution in [2.24, 2.45) is 0 Å². The fourth-order valence-corrected chi connectivity index (χ4v) is 3.92. The lowest BCUT2D eigenvalue weighted by Gasteiger charge is -2.11. The van der Waals surface area contributed by atoms with Crippen molar-refractivity contribution in [1.29, 1.82) is 0 Å². The van der Waals surface area contributed by atoms with Gasteiger partial charge in [-0.25, -0.2) is 4.98 Å². The number of nitrogens with one attached hydrogen (secondary N) is 1. The van der Waals surface area contributed by atoms with Gasteiger partial charge in [0.05, 0.1) is 12.6 Å². The number of aromatic nitrogens is 2. The van der Waals surface area contributed by atoms with Gasteiger partial charge in [0.1, 0.15) is 12.1 Å². The Balaban J connectivity index is 1.53. The fourth-order valence-electron chi connectivity index (χ4n) is 3.92. The van der Waals surface area contributed by atoms with E-state index in [9.17, 15) is 9.59 Å². The van der Waals surface area contributed by atoms with Gasteiger partial charge in [0, 0.05) is 22.5 Å². The average molecular weight is 443 g/mol. The number of carbonyl (C=O) groups is 2. The third-order valence-corrected chi connectivity index (χ3v) is 5.78. The predicted molar refractivity (Wildman–Crippen MR) is 129 cm³/mol. The van der Waals surface area contributed by atoms with Gasteiger partial charge in [0.15, 0.2) is 5.82 Å². The van der Waals surface area contributed by atoms with Crippen LogP contribution in [-0.4, -0.2) is 35.5 Å². The number of nitrogens with two attached hydrogens (primary N) is 1. The number of methoxy groups -OCH3 is 1. The van der Waals surface area contributed by atoms with E-state index in [4.69, 9.17) is 5.73 Å². The van der Waals surface area contributed by atoms with Crippen molar-refractivity contribution in [3.63, 3.8) is 0 Å². The molecular formula is C26H26N4O3. The number of aryl methyl sites for hydroxylation is 4. The van der Waals surface area contributed by atoms with Crippen LogP contribution in [0.5, 0.6) is 0 Å². The average Bonchev–Trinajstić information content (AvgIpc) is 2.81. The molecule has 2 heterocycles. The third-order valence-electron chi connectivity index (χ3n) is 5.78. The molecule has 0 radical (unpaired) electrons. The summed E-state index contributed by atoms with van der Waals surface area (Å²) in [6.45, 7) is 3.86. The van der Waals surface area contributed by atoms with Crippen molar-refractivity contribution in [2.75, 3.05) is 19.4 Å². The summed E-state index contributed by atoms with van der Waals surface area (Å²) in [6, 6.07) is 13.9. The lowest BCUT2D eigenvalue weighted by atomic mass is 9.98. The first-order chi connectivity index (χ1) is 15.9. The highest BCUT2D eigenvalue weighted by Gasteiger charge is 2.12. The molecule has 2 aromatic heterocycles. The first-order valence-electron chi connectivity index (χ1n) is 10.7. The Morgan fingerprint density at radius 3 is 2.61 bits per heavy atom. The lowest BCUT2D eigenvalue weighted by molar-refractivity contribution is -0.139. The molecule has 7 heteroatoms. The van der Waals surface area contributed by atoms with Crippen molar-refractivity contribution in [3.8, 4) is 0 Å². The minimum atomic E-state index is -0.485. The molecule has 0 unspecified atom stereocenters. The van der Waals surface area contributed by atoms with Gasteiger partial charge in [-0.05, 0) is 73.2 Å². The third kappa shape index (κ3) is 4.77. The molecule has 0 atom stereocenters. The molecule has 0 saturated heterocycles. The van der Waals surface area contributed by atoms with E-state index in [2.05, 4.69) is 38.2 Å². The molecule has 4 rings (SSSR count). The molecule has 0 aliphatic heterocycles. The molecule has 0 bridgehead atoms. The number of nitrogen functional groups attached to an aromatic ring is 1. The van der Waals surface area contributed by atoms with Crippen LogP contribution in [0.2, 0.25) is 0 Å². The predicted octanol–water partition coefficient (Wildman–Crippen LogP) is 3.67. The van der Waals surface area contributed by atoms with Gasteiger partial charge in [-0.1, -0.05) is 18.2 Å². The second kappa shape index (κ2) is 9.24. The van der Waals surface area contributed by atoms with Crippen LogP contribution < -0.4 is 11.1 Å². The molecule has 0 spiro atoms. The number of amides is 1. The smallest absolute Gasteiger partial charge is 0.325 e. The van der Waals surface area contributed by atoms with E-state index >= 15 is 0 Å². The number of pyridine rings is 2. The van der Waals surface area contributed by atoms with E-state index in [1.807, 2.05) is 38.2 Å². The molecule has 168 valence electrons. The van der Waals surface area contributed by atoms with E-state index < -0.39 is 5.97 Å². The molecule has 0 aliphatic carbocycles. The number of hydrogen-bond donors (Lipinski definition) is 2. The highest BCUT2D eigenvalue weighted by atomic mass is 16.5. The van der Waals surface area contributed by atoms with Gasteiger partial charge in [-0.3, -0.25) is 14.6 Å². The van der Waals surface area contributed by atoms with Crippen LogP contribution in [0.4, 0.5) is 5.82 Å². The van der Waals surface area contributed by atoms with Crippen LogP contribution in [0.25, 0.3) is 21.8 Å². The minimum absolute atomic E-state index is 0.153. The molecular weight excluding hydrogens is 416 g/mol. The lowest BCUT2D eigenvalue weighted by Crippen LogP contribution is -2.30. The number of esters is 1. The number of nitrogens with zero attached hydrogens (tertiary/aromatic N) is 2. The number of rotatable bonds is 6. The summed E-state index contributed by atoms with van der Waals surface area (Å²) < 4.78 is 4.55. The Bertz CT molecular complexity index is 1380. The van der Waals surface area contributed by atoms with Crippen LogP contribution in [0, 0.1) is 13.8 Å². The standard InChI is InChI=1S/C26H26N4O3/c1-15-4-9-20-21-12-17(13-28-24(21)25(27)30-22(20)10-15)5-6-18-7-8-19(11-16(18)2)26(32)29-14-23(31)33-3/h4,7-13H,5-6,14H2,1-3H3,(H2,27,30)(H,29,32). The highest BCUT2D eigenvalue weighted by Crippen LogP contribution is 2.28. The zero-order valence-corrected chi connectivity index (χ0v) is 18.9. The molecule has 4 aromatic rings. The van der Waals surface area contributed by atoms with Crippen LogP contribution in [-0.2, 0) is 22.4 Å². The molecule has 2 aromatic carbocycles. The molecule has 7 nitrogen and oxygen atoms in total. The number of anilines is 1. The Morgan fingerprint density at radius 2 is 1.85 bits per heavy atom. The van der Waals surface area contributed by atoms with Gasteiger partial charge < -0.3 is 15.8 Å². The summed E-state index contributed by atoms with van der Waals surface area (Å²) in [6.07, 6.45) is 3.46. The van der Waals surface area contributed by atoms with Crippen molar-refractivity contribution in [2.45, 2.75) is 26.7 Å². The van der Waals surface area contributed by atoms with Gasteiger partial charge >= 0.3 is 5.97 Å². The normalized spacial score (nSPS) is 11.0. The Morgan fingerprint density at radius 1 is 1.03 bits per heavy atom. The van der Waals surface area contributed by atoms with E-state index in [1.54, 1.807) is 6.07 Å². The first kappa shape index (κ1) is 22.2. The van der Waals surface area contributed by atoms with E-state index in [1.165, 1.54) is 7.11 Å². The molecule has 0 aliphatic rings. The molecule has 1 amide bonds. The Labute approximate surface area is 192 Å². The van der Waals surface area contributed by atoms with Crippen LogP contribution >= 0.6 is 0 Å². The van der Waals surface area contributed by atoms with Crippen molar-refractivity contribution in [1.82, 2.24) is 15.3 Å². The molecule has 0 fully saturated rings. The monoisotopic (exact) mass is 442 g/mol. The summed E-state index contributed by atoms with van der Waals surface area (Å²) in [7, 11) is 1.29.